The fraction of sp³-hybridized carbons (Fsp3) is 0.818. The lowest BCUT2D eigenvalue weighted by Gasteiger charge is -2.29. The van der Waals surface area contributed by atoms with Crippen LogP contribution in [0.15, 0.2) is 0 Å². The van der Waals surface area contributed by atoms with E-state index in [-0.39, 0.29) is 12.0 Å². The number of thioether (sulfide) groups is 1. The number of carbonyl (C=O) groups excluding carboxylic acids is 2. The van der Waals surface area contributed by atoms with Crippen LogP contribution in [0.3, 0.4) is 0 Å². The summed E-state index contributed by atoms with van der Waals surface area (Å²) >= 11 is 1.75. The first-order valence-electron chi connectivity index (χ1n) is 5.45. The minimum absolute atomic E-state index is 0.0754. The monoisotopic (exact) mass is 245 g/mol. The van der Waals surface area contributed by atoms with Gasteiger partial charge in [-0.1, -0.05) is 0 Å². The van der Waals surface area contributed by atoms with Crippen molar-refractivity contribution in [3.63, 3.8) is 0 Å². The van der Waals surface area contributed by atoms with Crippen molar-refractivity contribution in [2.45, 2.75) is 38.8 Å². The number of alkyl carbamates (subject to hydrolysis) is 1. The van der Waals surface area contributed by atoms with Gasteiger partial charge in [-0.3, -0.25) is 0 Å². The molecule has 1 saturated heterocycles. The molecule has 1 aliphatic rings. The topological polar surface area (TPSA) is 55.4 Å². The van der Waals surface area contributed by atoms with E-state index in [9.17, 15) is 9.59 Å². The smallest absolute Gasteiger partial charge is 0.407 e. The molecule has 92 valence electrons. The molecule has 5 heteroatoms. The molecule has 2 unspecified atom stereocenters. The number of nitrogens with one attached hydrogen (secondary N) is 1. The second kappa shape index (κ2) is 5.57. The van der Waals surface area contributed by atoms with E-state index in [4.69, 9.17) is 4.74 Å². The average molecular weight is 245 g/mol. The summed E-state index contributed by atoms with van der Waals surface area (Å²) in [6.07, 6.45) is 1.32. The first-order valence-corrected chi connectivity index (χ1v) is 6.60. The largest absolute Gasteiger partial charge is 0.444 e. The maximum absolute atomic E-state index is 11.5. The highest BCUT2D eigenvalue weighted by Crippen LogP contribution is 2.22. The number of hydrogen-bond donors (Lipinski definition) is 1. The first-order chi connectivity index (χ1) is 7.42. The molecule has 1 aliphatic heterocycles. The SMILES string of the molecule is CC(C)(C)OC(=O)NC1CCSCC1C=O. The second-order valence-corrected chi connectivity index (χ2v) is 6.07. The third-order valence-electron chi connectivity index (χ3n) is 2.28. The molecule has 0 spiro atoms. The Morgan fingerprint density at radius 3 is 2.75 bits per heavy atom. The zero-order chi connectivity index (χ0) is 12.2. The van der Waals surface area contributed by atoms with Crippen LogP contribution in [0.2, 0.25) is 0 Å². The molecule has 0 saturated carbocycles. The molecule has 0 radical (unpaired) electrons. The summed E-state index contributed by atoms with van der Waals surface area (Å²) in [5.41, 5.74) is -0.496. The van der Waals surface area contributed by atoms with Gasteiger partial charge >= 0.3 is 6.09 Å². The zero-order valence-corrected chi connectivity index (χ0v) is 10.8. The van der Waals surface area contributed by atoms with Gasteiger partial charge in [0.1, 0.15) is 11.9 Å². The Morgan fingerprint density at radius 1 is 1.50 bits per heavy atom. The van der Waals surface area contributed by atoms with Gasteiger partial charge in [0.05, 0.1) is 0 Å². The highest BCUT2D eigenvalue weighted by atomic mass is 32.2. The standard InChI is InChI=1S/C11H19NO3S/c1-11(2,3)15-10(14)12-9-4-5-16-7-8(9)6-13/h6,8-9H,4-5,7H2,1-3H3,(H,12,14). The van der Waals surface area contributed by atoms with E-state index in [1.54, 1.807) is 11.8 Å². The van der Waals surface area contributed by atoms with Gasteiger partial charge in [-0.15, -0.1) is 0 Å². The summed E-state index contributed by atoms with van der Waals surface area (Å²) in [4.78, 5) is 22.4. The van der Waals surface area contributed by atoms with Gasteiger partial charge in [-0.25, -0.2) is 4.79 Å². The van der Waals surface area contributed by atoms with Gasteiger partial charge in [-0.05, 0) is 32.9 Å². The van der Waals surface area contributed by atoms with E-state index >= 15 is 0 Å². The average Bonchev–Trinajstić information content (AvgIpc) is 2.15. The van der Waals surface area contributed by atoms with Gasteiger partial charge in [0.15, 0.2) is 0 Å². The van der Waals surface area contributed by atoms with E-state index in [1.807, 2.05) is 20.8 Å². The molecule has 1 rings (SSSR count). The molecule has 1 fully saturated rings. The van der Waals surface area contributed by atoms with Gasteiger partial charge in [-0.2, -0.15) is 11.8 Å². The van der Waals surface area contributed by atoms with E-state index in [2.05, 4.69) is 5.32 Å². The van der Waals surface area contributed by atoms with Crippen molar-refractivity contribution in [2.24, 2.45) is 5.92 Å². The van der Waals surface area contributed by atoms with Gasteiger partial charge in [0, 0.05) is 17.7 Å². The van der Waals surface area contributed by atoms with Crippen LogP contribution >= 0.6 is 11.8 Å². The van der Waals surface area contributed by atoms with Crippen molar-refractivity contribution in [1.82, 2.24) is 5.32 Å². The molecular weight excluding hydrogens is 226 g/mol. The number of aldehydes is 1. The van der Waals surface area contributed by atoms with E-state index in [0.29, 0.717) is 0 Å². The van der Waals surface area contributed by atoms with Crippen LogP contribution < -0.4 is 5.32 Å². The number of hydrogen-bond acceptors (Lipinski definition) is 4. The molecule has 0 bridgehead atoms. The van der Waals surface area contributed by atoms with Crippen LogP contribution in [-0.4, -0.2) is 35.5 Å². The second-order valence-electron chi connectivity index (χ2n) is 4.92. The summed E-state index contributed by atoms with van der Waals surface area (Å²) in [6.45, 7) is 5.46. The Labute approximate surface area is 100 Å². The lowest BCUT2D eigenvalue weighted by atomic mass is 10.0. The predicted octanol–water partition coefficient (Wildman–Crippen LogP) is 1.83. The predicted molar refractivity (Wildman–Crippen MR) is 64.7 cm³/mol. The van der Waals surface area contributed by atoms with Crippen molar-refractivity contribution in [2.75, 3.05) is 11.5 Å². The molecule has 0 aliphatic carbocycles. The van der Waals surface area contributed by atoms with Crippen molar-refractivity contribution >= 4 is 24.1 Å². The summed E-state index contributed by atoms with van der Waals surface area (Å²) in [5, 5.41) is 2.77. The van der Waals surface area contributed by atoms with Crippen molar-refractivity contribution in [3.8, 4) is 0 Å². The maximum atomic E-state index is 11.5. The Hall–Kier alpha value is -0.710. The van der Waals surface area contributed by atoms with Crippen LogP contribution in [0, 0.1) is 5.92 Å². The molecule has 2 atom stereocenters. The van der Waals surface area contributed by atoms with Gasteiger partial charge in [0.25, 0.3) is 0 Å². The number of amides is 1. The third-order valence-corrected chi connectivity index (χ3v) is 3.42. The van der Waals surface area contributed by atoms with Crippen molar-refractivity contribution < 1.29 is 14.3 Å². The fourth-order valence-corrected chi connectivity index (χ4v) is 2.70. The Morgan fingerprint density at radius 2 is 2.19 bits per heavy atom. The third kappa shape index (κ3) is 4.43. The quantitative estimate of drug-likeness (QED) is 0.754. The van der Waals surface area contributed by atoms with Crippen LogP contribution in [-0.2, 0) is 9.53 Å². The highest BCUT2D eigenvalue weighted by Gasteiger charge is 2.28. The van der Waals surface area contributed by atoms with Crippen molar-refractivity contribution in [1.29, 1.82) is 0 Å². The summed E-state index contributed by atoms with van der Waals surface area (Å²) < 4.78 is 5.16. The van der Waals surface area contributed by atoms with Crippen LogP contribution in [0.4, 0.5) is 4.79 Å². The number of rotatable bonds is 2. The Balaban J connectivity index is 2.45. The molecule has 4 nitrogen and oxygen atoms in total. The van der Waals surface area contributed by atoms with E-state index < -0.39 is 11.7 Å². The highest BCUT2D eigenvalue weighted by molar-refractivity contribution is 7.99. The molecule has 1 amide bonds. The van der Waals surface area contributed by atoms with Crippen LogP contribution in [0.25, 0.3) is 0 Å². The van der Waals surface area contributed by atoms with E-state index in [1.165, 1.54) is 0 Å². The lowest BCUT2D eigenvalue weighted by molar-refractivity contribution is -0.111. The van der Waals surface area contributed by atoms with E-state index in [0.717, 1.165) is 24.2 Å². The lowest BCUT2D eigenvalue weighted by Crippen LogP contribution is -2.46. The number of carbonyl (C=O) groups is 2. The molecule has 0 aromatic carbocycles. The minimum atomic E-state index is -0.496. The molecule has 0 aromatic heterocycles. The molecule has 1 N–H and O–H groups in total. The van der Waals surface area contributed by atoms with Gasteiger partial charge < -0.3 is 14.8 Å². The van der Waals surface area contributed by atoms with Crippen LogP contribution in [0.5, 0.6) is 0 Å². The Bertz CT molecular complexity index is 262. The zero-order valence-electron chi connectivity index (χ0n) is 9.99. The summed E-state index contributed by atoms with van der Waals surface area (Å²) in [7, 11) is 0. The van der Waals surface area contributed by atoms with Crippen molar-refractivity contribution in [3.05, 3.63) is 0 Å². The molecule has 1 heterocycles. The maximum Gasteiger partial charge on any atom is 0.407 e. The van der Waals surface area contributed by atoms with Gasteiger partial charge in [0.2, 0.25) is 0 Å². The summed E-state index contributed by atoms with van der Waals surface area (Å²) in [5.74, 6) is 1.67. The summed E-state index contributed by atoms with van der Waals surface area (Å²) in [6, 6.07) is -0.0754. The molecule has 16 heavy (non-hydrogen) atoms. The molecular formula is C11H19NO3S. The van der Waals surface area contributed by atoms with Crippen LogP contribution in [0.1, 0.15) is 27.2 Å². The normalized spacial score (nSPS) is 25.9. The number of ether oxygens (including phenoxy) is 1. The first kappa shape index (κ1) is 13.4. The Kier molecular flexibility index (Phi) is 4.65. The minimum Gasteiger partial charge on any atom is -0.444 e. The fourth-order valence-electron chi connectivity index (χ4n) is 1.53. The molecule has 0 aromatic rings.